The highest BCUT2D eigenvalue weighted by Crippen LogP contribution is 2.01. The summed E-state index contributed by atoms with van der Waals surface area (Å²) in [5, 5.41) is 10.9. The molecule has 0 fully saturated rings. The normalized spacial score (nSPS) is 14.1. The quantitative estimate of drug-likeness (QED) is 0.534. The maximum absolute atomic E-state index is 11.2. The zero-order chi connectivity index (χ0) is 12.0. The van der Waals surface area contributed by atoms with Gasteiger partial charge in [0.2, 0.25) is 5.91 Å². The fraction of sp³-hybridized carbons (Fsp3) is 0.667. The van der Waals surface area contributed by atoms with E-state index in [2.05, 4.69) is 5.32 Å². The van der Waals surface area contributed by atoms with E-state index < -0.39 is 23.8 Å². The zero-order valence-corrected chi connectivity index (χ0v) is 8.82. The smallest absolute Gasteiger partial charge is 0.306 e. The highest BCUT2D eigenvalue weighted by atomic mass is 16.4. The second-order valence-corrected chi connectivity index (χ2v) is 3.41. The van der Waals surface area contributed by atoms with E-state index in [1.54, 1.807) is 0 Å². The lowest BCUT2D eigenvalue weighted by Crippen LogP contribution is -2.45. The third kappa shape index (κ3) is 5.11. The van der Waals surface area contributed by atoms with E-state index in [1.165, 1.54) is 13.8 Å². The Hall–Kier alpha value is -1.43. The molecule has 6 heteroatoms. The number of nitrogens with two attached hydrogens (primary N) is 1. The average molecular weight is 216 g/mol. The van der Waals surface area contributed by atoms with Crippen molar-refractivity contribution in [3.63, 3.8) is 0 Å². The molecule has 0 aromatic rings. The molecule has 0 rings (SSSR count). The van der Waals surface area contributed by atoms with Crippen LogP contribution >= 0.6 is 0 Å². The number of carbonyl (C=O) groups is 3. The third-order valence-corrected chi connectivity index (χ3v) is 1.97. The van der Waals surface area contributed by atoms with Crippen LogP contribution in [0.5, 0.6) is 0 Å². The van der Waals surface area contributed by atoms with Crippen LogP contribution in [-0.2, 0) is 14.4 Å². The van der Waals surface area contributed by atoms with E-state index in [9.17, 15) is 14.4 Å². The molecule has 0 spiro atoms. The van der Waals surface area contributed by atoms with E-state index in [1.807, 2.05) is 0 Å². The Morgan fingerprint density at radius 3 is 2.27 bits per heavy atom. The SMILES string of the molecule is CC(=O)[C@@H](CN)NC(=O)CC(C)C(=O)O. The molecule has 6 nitrogen and oxygen atoms in total. The Labute approximate surface area is 87.8 Å². The van der Waals surface area contributed by atoms with Gasteiger partial charge < -0.3 is 16.2 Å². The molecule has 1 amide bonds. The number of carbonyl (C=O) groups excluding carboxylic acids is 2. The number of Topliss-reactive ketones (excluding diaryl/α,β-unsaturated/α-hetero) is 1. The maximum Gasteiger partial charge on any atom is 0.306 e. The van der Waals surface area contributed by atoms with Gasteiger partial charge in [-0.2, -0.15) is 0 Å². The predicted octanol–water partition coefficient (Wildman–Crippen LogP) is -0.870. The molecule has 0 radical (unpaired) electrons. The molecular formula is C9H16N2O4. The first kappa shape index (κ1) is 13.6. The first-order valence-corrected chi connectivity index (χ1v) is 4.61. The van der Waals surface area contributed by atoms with Crippen molar-refractivity contribution in [2.75, 3.05) is 6.54 Å². The number of carboxylic acids is 1. The van der Waals surface area contributed by atoms with Crippen molar-refractivity contribution < 1.29 is 19.5 Å². The first-order chi connectivity index (χ1) is 6.88. The Bertz CT molecular complexity index is 265. The van der Waals surface area contributed by atoms with Crippen LogP contribution < -0.4 is 11.1 Å². The van der Waals surface area contributed by atoms with Crippen LogP contribution in [-0.4, -0.2) is 35.4 Å². The van der Waals surface area contributed by atoms with Crippen molar-refractivity contribution in [3.8, 4) is 0 Å². The predicted molar refractivity (Wildman–Crippen MR) is 53.1 cm³/mol. The monoisotopic (exact) mass is 216 g/mol. The topological polar surface area (TPSA) is 109 Å². The number of ketones is 1. The summed E-state index contributed by atoms with van der Waals surface area (Å²) >= 11 is 0. The summed E-state index contributed by atoms with van der Waals surface area (Å²) in [4.78, 5) is 32.6. The summed E-state index contributed by atoms with van der Waals surface area (Å²) in [5.74, 6) is -2.53. The Balaban J connectivity index is 4.13. The summed E-state index contributed by atoms with van der Waals surface area (Å²) < 4.78 is 0. The number of aliphatic carboxylic acids is 1. The number of nitrogens with one attached hydrogen (secondary N) is 1. The number of carboxylic acid groups (broad SMARTS) is 1. The summed E-state index contributed by atoms with van der Waals surface area (Å²) in [7, 11) is 0. The van der Waals surface area contributed by atoms with Gasteiger partial charge in [-0.1, -0.05) is 6.92 Å². The molecule has 4 N–H and O–H groups in total. The first-order valence-electron chi connectivity index (χ1n) is 4.61. The minimum atomic E-state index is -1.04. The van der Waals surface area contributed by atoms with Crippen molar-refractivity contribution in [3.05, 3.63) is 0 Å². The maximum atomic E-state index is 11.2. The van der Waals surface area contributed by atoms with Crippen LogP contribution in [0.3, 0.4) is 0 Å². The van der Waals surface area contributed by atoms with Crippen LogP contribution in [0.15, 0.2) is 0 Å². The van der Waals surface area contributed by atoms with E-state index >= 15 is 0 Å². The second kappa shape index (κ2) is 6.13. The van der Waals surface area contributed by atoms with Gasteiger partial charge >= 0.3 is 5.97 Å². The summed E-state index contributed by atoms with van der Waals surface area (Å²) in [6.07, 6.45) is -0.154. The van der Waals surface area contributed by atoms with Crippen LogP contribution in [0.4, 0.5) is 0 Å². The molecule has 86 valence electrons. The lowest BCUT2D eigenvalue weighted by Gasteiger charge is -2.14. The molecule has 1 unspecified atom stereocenters. The molecule has 2 atom stereocenters. The highest BCUT2D eigenvalue weighted by molar-refractivity contribution is 5.89. The van der Waals surface area contributed by atoms with Gasteiger partial charge in [-0.05, 0) is 6.92 Å². The van der Waals surface area contributed by atoms with Crippen molar-refractivity contribution in [1.29, 1.82) is 0 Å². The van der Waals surface area contributed by atoms with Crippen LogP contribution in [0.2, 0.25) is 0 Å². The molecule has 0 heterocycles. The van der Waals surface area contributed by atoms with Crippen LogP contribution in [0, 0.1) is 5.92 Å². The second-order valence-electron chi connectivity index (χ2n) is 3.41. The summed E-state index contributed by atoms with van der Waals surface area (Å²) in [5.41, 5.74) is 5.26. The number of rotatable bonds is 6. The molecule has 0 aromatic heterocycles. The molecular weight excluding hydrogens is 200 g/mol. The largest absolute Gasteiger partial charge is 0.481 e. The third-order valence-electron chi connectivity index (χ3n) is 1.97. The molecule has 0 aliphatic carbocycles. The minimum absolute atomic E-state index is 0.0164. The Morgan fingerprint density at radius 1 is 1.40 bits per heavy atom. The minimum Gasteiger partial charge on any atom is -0.481 e. The molecule has 0 bridgehead atoms. The van der Waals surface area contributed by atoms with Crippen LogP contribution in [0.25, 0.3) is 0 Å². The highest BCUT2D eigenvalue weighted by Gasteiger charge is 2.19. The molecule has 0 saturated heterocycles. The molecule has 0 aliphatic rings. The van der Waals surface area contributed by atoms with Gasteiger partial charge in [-0.25, -0.2) is 0 Å². The Kier molecular flexibility index (Phi) is 5.54. The summed E-state index contributed by atoms with van der Waals surface area (Å²) in [6.45, 7) is 2.76. The van der Waals surface area contributed by atoms with E-state index in [0.717, 1.165) is 0 Å². The Morgan fingerprint density at radius 2 is 1.93 bits per heavy atom. The number of amides is 1. The van der Waals surface area contributed by atoms with Gasteiger partial charge in [0.05, 0.1) is 12.0 Å². The van der Waals surface area contributed by atoms with Crippen LogP contribution in [0.1, 0.15) is 20.3 Å². The molecule has 0 aliphatic heterocycles. The van der Waals surface area contributed by atoms with E-state index in [4.69, 9.17) is 10.8 Å². The van der Waals surface area contributed by atoms with Gasteiger partial charge in [0.1, 0.15) is 0 Å². The van der Waals surface area contributed by atoms with Crippen molar-refractivity contribution >= 4 is 17.7 Å². The van der Waals surface area contributed by atoms with Gasteiger partial charge in [0.25, 0.3) is 0 Å². The zero-order valence-electron chi connectivity index (χ0n) is 8.82. The van der Waals surface area contributed by atoms with Gasteiger partial charge in [-0.3, -0.25) is 14.4 Å². The fourth-order valence-corrected chi connectivity index (χ4v) is 0.945. The average Bonchev–Trinajstić information content (AvgIpc) is 2.13. The van der Waals surface area contributed by atoms with E-state index in [0.29, 0.717) is 0 Å². The van der Waals surface area contributed by atoms with Gasteiger partial charge in [0, 0.05) is 13.0 Å². The standard InChI is InChI=1S/C9H16N2O4/c1-5(9(14)15)3-8(13)11-7(4-10)6(2)12/h5,7H,3-4,10H2,1-2H3,(H,11,13)(H,14,15)/t5?,7-/m1/s1. The van der Waals surface area contributed by atoms with Crippen molar-refractivity contribution in [2.45, 2.75) is 26.3 Å². The van der Waals surface area contributed by atoms with Crippen molar-refractivity contribution in [1.82, 2.24) is 5.32 Å². The number of hydrogen-bond acceptors (Lipinski definition) is 4. The van der Waals surface area contributed by atoms with Gasteiger partial charge in [-0.15, -0.1) is 0 Å². The number of hydrogen-bond donors (Lipinski definition) is 3. The van der Waals surface area contributed by atoms with Gasteiger partial charge in [0.15, 0.2) is 5.78 Å². The van der Waals surface area contributed by atoms with E-state index in [-0.39, 0.29) is 18.7 Å². The van der Waals surface area contributed by atoms with Crippen molar-refractivity contribution in [2.24, 2.45) is 11.7 Å². The fourth-order valence-electron chi connectivity index (χ4n) is 0.945. The lowest BCUT2D eigenvalue weighted by atomic mass is 10.1. The summed E-state index contributed by atoms with van der Waals surface area (Å²) in [6, 6.07) is -0.724. The molecule has 0 aromatic carbocycles. The molecule has 15 heavy (non-hydrogen) atoms. The lowest BCUT2D eigenvalue weighted by molar-refractivity contribution is -0.143. The molecule has 0 saturated carbocycles.